The number of hydrogen-bond donors (Lipinski definition) is 3. The number of carbonyl (C=O) groups is 2. The van der Waals surface area contributed by atoms with Crippen LogP contribution in [-0.2, 0) is 4.79 Å². The van der Waals surface area contributed by atoms with Crippen molar-refractivity contribution in [1.29, 1.82) is 0 Å². The standard InChI is InChI=1S/C15H16N2O3.3CH3.H2O.Sn/c18-14(17-13(15(19)20)7-9-5-6-9)12-8-10-3-1-2-4-11(10)16-12;;;;;/h1-4,8-9,13,16H,5-7H2,(H,17,18)(H,19,20);3*1H3;1H2;/t13-;;;;;/m0...../s1. The van der Waals surface area contributed by atoms with E-state index in [1.807, 2.05) is 24.3 Å². The fourth-order valence-corrected chi connectivity index (χ4v) is 2.34. The summed E-state index contributed by atoms with van der Waals surface area (Å²) in [5.41, 5.74) is 1.26. The number of benzene rings is 1. The summed E-state index contributed by atoms with van der Waals surface area (Å²) in [5, 5.41) is 12.7. The maximum absolute atomic E-state index is 12.1. The zero-order chi connectivity index (χ0) is 17.7. The molecule has 0 saturated heterocycles. The molecule has 25 heavy (non-hydrogen) atoms. The second-order valence-electron chi connectivity index (χ2n) is 6.81. The van der Waals surface area contributed by atoms with E-state index in [-0.39, 0.29) is 11.4 Å². The second-order valence-corrected chi connectivity index (χ2v) is 15.4. The van der Waals surface area contributed by atoms with E-state index in [0.29, 0.717) is 18.0 Å². The van der Waals surface area contributed by atoms with Gasteiger partial charge in [-0.05, 0) is 24.5 Å². The number of aromatic nitrogens is 1. The van der Waals surface area contributed by atoms with Gasteiger partial charge >= 0.3 is 40.5 Å². The van der Waals surface area contributed by atoms with Crippen molar-refractivity contribution in [1.82, 2.24) is 10.3 Å². The van der Waals surface area contributed by atoms with Crippen LogP contribution in [0.5, 0.6) is 0 Å². The molecule has 1 aliphatic carbocycles. The van der Waals surface area contributed by atoms with E-state index in [2.05, 4.69) is 25.1 Å². The fourth-order valence-electron chi connectivity index (χ4n) is 2.34. The zero-order valence-electron chi connectivity index (χ0n) is 14.9. The maximum atomic E-state index is 12.1. The van der Waals surface area contributed by atoms with Crippen molar-refractivity contribution >= 4 is 42.5 Å². The van der Waals surface area contributed by atoms with Gasteiger partial charge < -0.3 is 20.9 Å². The molecule has 3 rings (SSSR count). The minimum atomic E-state index is -0.971. The van der Waals surface area contributed by atoms with E-state index in [9.17, 15) is 9.59 Å². The van der Waals surface area contributed by atoms with E-state index in [0.717, 1.165) is 23.7 Å². The van der Waals surface area contributed by atoms with Crippen LogP contribution >= 0.6 is 0 Å². The summed E-state index contributed by atoms with van der Waals surface area (Å²) in [6.07, 6.45) is 2.64. The quantitative estimate of drug-likeness (QED) is 0.604. The summed E-state index contributed by atoms with van der Waals surface area (Å²) in [6.45, 7) is 0. The number of fused-ring (bicyclic) bond motifs is 1. The first-order chi connectivity index (χ1) is 11.4. The number of rotatable bonds is 5. The predicted octanol–water partition coefficient (Wildman–Crippen LogP) is 2.70. The Morgan fingerprint density at radius 3 is 2.40 bits per heavy atom. The molecule has 1 aromatic carbocycles. The molecule has 1 atom stereocenters. The van der Waals surface area contributed by atoms with Crippen LogP contribution in [0.3, 0.4) is 0 Å². The molecular weight excluding hydrogens is 427 g/mol. The summed E-state index contributed by atoms with van der Waals surface area (Å²) < 4.78 is 0. The first-order valence-electron chi connectivity index (χ1n) is 8.25. The Hall–Kier alpha value is -1.54. The molecule has 6 nitrogen and oxygen atoms in total. The minimum absolute atomic E-state index is 0. The van der Waals surface area contributed by atoms with Gasteiger partial charge in [-0.2, -0.15) is 0 Å². The average molecular weight is 454 g/mol. The summed E-state index contributed by atoms with van der Waals surface area (Å²) in [4.78, 5) is 33.4. The predicted molar refractivity (Wildman–Crippen MR) is 101 cm³/mol. The Kier molecular flexibility index (Phi) is 8.44. The summed E-state index contributed by atoms with van der Waals surface area (Å²) in [7, 11) is 0. The first-order valence-corrected chi connectivity index (χ1v) is 16.8. The van der Waals surface area contributed by atoms with Crippen molar-refractivity contribution in [2.45, 2.75) is 40.1 Å². The molecule has 7 heteroatoms. The molecule has 1 heterocycles. The number of aliphatic carboxylic acids is 1. The van der Waals surface area contributed by atoms with Crippen molar-refractivity contribution in [2.75, 3.05) is 0 Å². The third kappa shape index (κ3) is 7.07. The Morgan fingerprint density at radius 2 is 1.88 bits per heavy atom. The van der Waals surface area contributed by atoms with Crippen LogP contribution < -0.4 is 5.32 Å². The average Bonchev–Trinajstić information content (AvgIpc) is 3.21. The summed E-state index contributed by atoms with van der Waals surface area (Å²) in [5.74, 6) is -0.894. The van der Waals surface area contributed by atoms with Crippen molar-refractivity contribution in [3.05, 3.63) is 36.0 Å². The summed E-state index contributed by atoms with van der Waals surface area (Å²) in [6, 6.07) is 8.49. The van der Waals surface area contributed by atoms with Crippen LogP contribution in [0.15, 0.2) is 30.3 Å². The number of hydrogen-bond acceptors (Lipinski definition) is 2. The molecule has 1 amide bonds. The van der Waals surface area contributed by atoms with Crippen molar-refractivity contribution in [2.24, 2.45) is 5.92 Å². The molecule has 1 aromatic heterocycles. The molecule has 137 valence electrons. The number of aromatic amines is 1. The molecule has 0 spiro atoms. The second kappa shape index (κ2) is 9.82. The number of amides is 1. The zero-order valence-corrected chi connectivity index (χ0v) is 17.8. The van der Waals surface area contributed by atoms with Gasteiger partial charge in [-0.1, -0.05) is 31.0 Å². The summed E-state index contributed by atoms with van der Waals surface area (Å²) >= 11 is -0.543. The normalized spacial score (nSPS) is 14.2. The van der Waals surface area contributed by atoms with Crippen LogP contribution in [-0.4, -0.2) is 53.2 Å². The van der Waals surface area contributed by atoms with Gasteiger partial charge in [0.15, 0.2) is 0 Å². The topological polar surface area (TPSA) is 114 Å². The molecule has 0 bridgehead atoms. The number of carboxylic acid groups (broad SMARTS) is 1. The number of H-pyrrole nitrogens is 1. The molecule has 1 fully saturated rings. The van der Waals surface area contributed by atoms with Crippen molar-refractivity contribution < 1.29 is 20.2 Å². The first kappa shape index (κ1) is 21.5. The van der Waals surface area contributed by atoms with E-state index < -0.39 is 31.8 Å². The van der Waals surface area contributed by atoms with Crippen LogP contribution in [0.4, 0.5) is 0 Å². The molecule has 1 aliphatic rings. The van der Waals surface area contributed by atoms with Crippen LogP contribution in [0, 0.1) is 5.92 Å². The van der Waals surface area contributed by atoms with Gasteiger partial charge in [0.2, 0.25) is 0 Å². The molecule has 0 aliphatic heterocycles. The monoisotopic (exact) mass is 455 g/mol. The van der Waals surface area contributed by atoms with Gasteiger partial charge in [-0.15, -0.1) is 0 Å². The van der Waals surface area contributed by atoms with Crippen molar-refractivity contribution in [3.63, 3.8) is 0 Å². The van der Waals surface area contributed by atoms with Gasteiger partial charge in [0, 0.05) is 10.9 Å². The SMILES string of the molecule is O.O=C(N[C@@H](CC1CC1)C(=O)O)c1cc2ccccc2[nH]1.[CH3][Sn]([CH3])[CH3]. The van der Waals surface area contributed by atoms with E-state index in [1.165, 1.54) is 0 Å². The number of para-hydroxylation sites is 1. The van der Waals surface area contributed by atoms with E-state index in [4.69, 9.17) is 5.11 Å². The van der Waals surface area contributed by atoms with E-state index in [1.54, 1.807) is 6.07 Å². The number of carboxylic acids is 1. The van der Waals surface area contributed by atoms with Gasteiger partial charge in [0.1, 0.15) is 11.7 Å². The third-order valence-electron chi connectivity index (χ3n) is 3.64. The van der Waals surface area contributed by atoms with Gasteiger partial charge in [0.05, 0.1) is 0 Å². The molecule has 2 aromatic rings. The molecule has 1 saturated carbocycles. The Labute approximate surface area is 155 Å². The third-order valence-corrected chi connectivity index (χ3v) is 3.64. The number of nitrogens with one attached hydrogen (secondary N) is 2. The Bertz CT molecular complexity index is 674. The van der Waals surface area contributed by atoms with Crippen LogP contribution in [0.25, 0.3) is 10.9 Å². The Balaban J connectivity index is 0.000000568. The number of carbonyl (C=O) groups excluding carboxylic acids is 1. The molecule has 0 unspecified atom stereocenters. The van der Waals surface area contributed by atoms with E-state index >= 15 is 0 Å². The molecular formula is C18H27N2O4Sn. The van der Waals surface area contributed by atoms with Crippen LogP contribution in [0.2, 0.25) is 14.8 Å². The Morgan fingerprint density at radius 1 is 1.28 bits per heavy atom. The van der Waals surface area contributed by atoms with Crippen LogP contribution in [0.1, 0.15) is 29.8 Å². The fraction of sp³-hybridized carbons (Fsp3) is 0.444. The van der Waals surface area contributed by atoms with Gasteiger partial charge in [-0.3, -0.25) is 4.79 Å². The molecule has 1 radical (unpaired) electrons. The molecule has 5 N–H and O–H groups in total. The van der Waals surface area contributed by atoms with Gasteiger partial charge in [0.25, 0.3) is 5.91 Å². The van der Waals surface area contributed by atoms with Crippen molar-refractivity contribution in [3.8, 4) is 0 Å². The van der Waals surface area contributed by atoms with Gasteiger partial charge in [-0.25, -0.2) is 4.79 Å².